The highest BCUT2D eigenvalue weighted by atomic mass is 19.1. The van der Waals surface area contributed by atoms with E-state index in [0.717, 1.165) is 5.56 Å². The summed E-state index contributed by atoms with van der Waals surface area (Å²) in [5.74, 6) is -0.278. The number of carbonyl (C=O) groups excluding carboxylic acids is 1. The molecule has 2 rings (SSSR count). The van der Waals surface area contributed by atoms with Gasteiger partial charge >= 0.3 is 0 Å². The van der Waals surface area contributed by atoms with Crippen molar-refractivity contribution in [2.75, 3.05) is 11.9 Å². The van der Waals surface area contributed by atoms with Crippen LogP contribution < -0.4 is 10.6 Å². The third kappa shape index (κ3) is 2.90. The maximum atomic E-state index is 12.9. The van der Waals surface area contributed by atoms with Gasteiger partial charge in [-0.2, -0.15) is 0 Å². The van der Waals surface area contributed by atoms with Crippen LogP contribution in [0, 0.1) is 5.82 Å². The fourth-order valence-corrected chi connectivity index (χ4v) is 1.81. The first-order valence-electron chi connectivity index (χ1n) is 6.11. The van der Waals surface area contributed by atoms with E-state index in [1.54, 1.807) is 18.2 Å². The molecular formula is C14H15FN4O. The van der Waals surface area contributed by atoms with Gasteiger partial charge in [-0.05, 0) is 36.8 Å². The summed E-state index contributed by atoms with van der Waals surface area (Å²) >= 11 is 0. The molecule has 0 fully saturated rings. The third-order valence-electron chi connectivity index (χ3n) is 3.20. The van der Waals surface area contributed by atoms with E-state index in [4.69, 9.17) is 5.73 Å². The number of aromatic nitrogens is 2. The van der Waals surface area contributed by atoms with Crippen LogP contribution >= 0.6 is 0 Å². The molecule has 1 aromatic heterocycles. The molecule has 0 aliphatic heterocycles. The summed E-state index contributed by atoms with van der Waals surface area (Å²) in [6, 6.07) is 9.47. The van der Waals surface area contributed by atoms with Crippen LogP contribution in [0.1, 0.15) is 29.0 Å². The van der Waals surface area contributed by atoms with Crippen molar-refractivity contribution in [3.05, 3.63) is 53.5 Å². The van der Waals surface area contributed by atoms with Crippen LogP contribution in [0.25, 0.3) is 0 Å². The minimum absolute atomic E-state index is 0.00988. The fourth-order valence-electron chi connectivity index (χ4n) is 1.81. The topological polar surface area (TPSA) is 72.1 Å². The maximum Gasteiger partial charge on any atom is 0.269 e. The number of hydrogen-bond donors (Lipinski definition) is 1. The number of carbonyl (C=O) groups is 1. The van der Waals surface area contributed by atoms with E-state index >= 15 is 0 Å². The Bertz CT molecular complexity index is 598. The Kier molecular flexibility index (Phi) is 3.93. The molecule has 5 nitrogen and oxygen atoms in total. The summed E-state index contributed by atoms with van der Waals surface area (Å²) in [5, 5.41) is 7.73. The first-order chi connectivity index (χ1) is 9.49. The summed E-state index contributed by atoms with van der Waals surface area (Å²) in [7, 11) is 1.85. The number of anilines is 1. The van der Waals surface area contributed by atoms with Gasteiger partial charge in [-0.15, -0.1) is 10.2 Å². The summed E-state index contributed by atoms with van der Waals surface area (Å²) in [6.07, 6.45) is 0. The van der Waals surface area contributed by atoms with Crippen LogP contribution in [0.4, 0.5) is 10.2 Å². The largest absolute Gasteiger partial charge is 0.364 e. The highest BCUT2D eigenvalue weighted by Gasteiger charge is 2.14. The normalized spacial score (nSPS) is 11.9. The van der Waals surface area contributed by atoms with Gasteiger partial charge in [-0.1, -0.05) is 12.1 Å². The minimum Gasteiger partial charge on any atom is -0.364 e. The zero-order valence-electron chi connectivity index (χ0n) is 11.2. The van der Waals surface area contributed by atoms with Crippen LogP contribution in [0.15, 0.2) is 36.4 Å². The van der Waals surface area contributed by atoms with E-state index in [0.29, 0.717) is 5.82 Å². The average molecular weight is 274 g/mol. The molecule has 0 aliphatic rings. The highest BCUT2D eigenvalue weighted by molar-refractivity contribution is 5.90. The van der Waals surface area contributed by atoms with Gasteiger partial charge in [0.1, 0.15) is 5.82 Å². The Morgan fingerprint density at radius 1 is 1.20 bits per heavy atom. The zero-order chi connectivity index (χ0) is 14.7. The molecular weight excluding hydrogens is 259 g/mol. The maximum absolute atomic E-state index is 12.9. The number of nitrogens with zero attached hydrogens (tertiary/aromatic N) is 3. The Labute approximate surface area is 116 Å². The molecule has 0 radical (unpaired) electrons. The lowest BCUT2D eigenvalue weighted by atomic mass is 10.1. The van der Waals surface area contributed by atoms with Crippen molar-refractivity contribution in [2.24, 2.45) is 5.73 Å². The molecule has 0 bridgehead atoms. The first kappa shape index (κ1) is 13.9. The Morgan fingerprint density at radius 3 is 2.35 bits per heavy atom. The van der Waals surface area contributed by atoms with Gasteiger partial charge < -0.3 is 10.6 Å². The van der Waals surface area contributed by atoms with E-state index in [1.165, 1.54) is 18.2 Å². The molecule has 0 saturated heterocycles. The van der Waals surface area contributed by atoms with Crippen molar-refractivity contribution in [1.29, 1.82) is 0 Å². The summed E-state index contributed by atoms with van der Waals surface area (Å²) in [6.45, 7) is 1.97. The summed E-state index contributed by atoms with van der Waals surface area (Å²) < 4.78 is 12.9. The number of hydrogen-bond acceptors (Lipinski definition) is 4. The molecule has 1 atom stereocenters. The number of benzene rings is 1. The van der Waals surface area contributed by atoms with Gasteiger partial charge in [0, 0.05) is 7.05 Å². The van der Waals surface area contributed by atoms with Gasteiger partial charge in [-0.25, -0.2) is 4.39 Å². The van der Waals surface area contributed by atoms with Crippen molar-refractivity contribution >= 4 is 11.7 Å². The number of amides is 1. The standard InChI is InChI=1S/C14H15FN4O/c1-9(10-3-5-11(15)6-4-10)19(2)13-8-7-12(14(16)20)17-18-13/h3-9H,1-2H3,(H2,16,20). The lowest BCUT2D eigenvalue weighted by Crippen LogP contribution is -2.23. The van der Waals surface area contributed by atoms with Gasteiger partial charge in [0.15, 0.2) is 11.5 Å². The van der Waals surface area contributed by atoms with Crippen LogP contribution in [0.2, 0.25) is 0 Å². The van der Waals surface area contributed by atoms with E-state index in [2.05, 4.69) is 10.2 Å². The Morgan fingerprint density at radius 2 is 1.85 bits per heavy atom. The van der Waals surface area contributed by atoms with Gasteiger partial charge in [0.25, 0.3) is 5.91 Å². The van der Waals surface area contributed by atoms with Crippen LogP contribution in [-0.4, -0.2) is 23.2 Å². The van der Waals surface area contributed by atoms with Crippen molar-refractivity contribution in [2.45, 2.75) is 13.0 Å². The van der Waals surface area contributed by atoms with Gasteiger partial charge in [0.2, 0.25) is 0 Å². The van der Waals surface area contributed by atoms with E-state index in [9.17, 15) is 9.18 Å². The predicted molar refractivity (Wildman–Crippen MR) is 73.8 cm³/mol. The first-order valence-corrected chi connectivity index (χ1v) is 6.11. The number of nitrogens with two attached hydrogens (primary N) is 1. The third-order valence-corrected chi connectivity index (χ3v) is 3.20. The number of rotatable bonds is 4. The van der Waals surface area contributed by atoms with Gasteiger partial charge in [-0.3, -0.25) is 4.79 Å². The van der Waals surface area contributed by atoms with E-state index < -0.39 is 5.91 Å². The molecule has 1 amide bonds. The second kappa shape index (κ2) is 5.64. The van der Waals surface area contributed by atoms with Crippen molar-refractivity contribution < 1.29 is 9.18 Å². The molecule has 6 heteroatoms. The Hall–Kier alpha value is -2.50. The highest BCUT2D eigenvalue weighted by Crippen LogP contribution is 2.23. The van der Waals surface area contributed by atoms with E-state index in [-0.39, 0.29) is 17.6 Å². The van der Waals surface area contributed by atoms with Crippen LogP contribution in [0.3, 0.4) is 0 Å². The van der Waals surface area contributed by atoms with Crippen LogP contribution in [0.5, 0.6) is 0 Å². The van der Waals surface area contributed by atoms with Crippen molar-refractivity contribution in [3.63, 3.8) is 0 Å². The molecule has 104 valence electrons. The second-order valence-electron chi connectivity index (χ2n) is 4.48. The smallest absolute Gasteiger partial charge is 0.269 e. The predicted octanol–water partition coefficient (Wildman–Crippen LogP) is 1.91. The van der Waals surface area contributed by atoms with E-state index in [1.807, 2.05) is 18.9 Å². The zero-order valence-corrected chi connectivity index (χ0v) is 11.2. The molecule has 1 heterocycles. The molecule has 20 heavy (non-hydrogen) atoms. The fraction of sp³-hybridized carbons (Fsp3) is 0.214. The summed E-state index contributed by atoms with van der Waals surface area (Å²) in [4.78, 5) is 12.8. The second-order valence-corrected chi connectivity index (χ2v) is 4.48. The minimum atomic E-state index is -0.613. The molecule has 2 aromatic rings. The molecule has 1 unspecified atom stereocenters. The lowest BCUT2D eigenvalue weighted by Gasteiger charge is -2.25. The average Bonchev–Trinajstić information content (AvgIpc) is 2.46. The SMILES string of the molecule is CC(c1ccc(F)cc1)N(C)c1ccc(C(N)=O)nn1. The molecule has 0 aliphatic carbocycles. The van der Waals surface area contributed by atoms with Crippen molar-refractivity contribution in [1.82, 2.24) is 10.2 Å². The monoisotopic (exact) mass is 274 g/mol. The quantitative estimate of drug-likeness (QED) is 0.924. The van der Waals surface area contributed by atoms with Crippen molar-refractivity contribution in [3.8, 4) is 0 Å². The van der Waals surface area contributed by atoms with Gasteiger partial charge in [0.05, 0.1) is 6.04 Å². The van der Waals surface area contributed by atoms with Crippen LogP contribution in [-0.2, 0) is 0 Å². The molecule has 0 spiro atoms. The lowest BCUT2D eigenvalue weighted by molar-refractivity contribution is 0.0994. The Balaban J connectivity index is 2.19. The molecule has 0 saturated carbocycles. The molecule has 2 N–H and O–H groups in total. The number of halogens is 1. The summed E-state index contributed by atoms with van der Waals surface area (Å²) in [5.41, 5.74) is 6.19. The molecule has 1 aromatic carbocycles. The number of primary amides is 1.